The Bertz CT molecular complexity index is 362. The number of thioether (sulfide) groups is 1. The van der Waals surface area contributed by atoms with Crippen molar-refractivity contribution in [3.8, 4) is 0 Å². The fraction of sp³-hybridized carbons (Fsp3) is 0.455. The van der Waals surface area contributed by atoms with Crippen LogP contribution in [-0.2, 0) is 0 Å². The van der Waals surface area contributed by atoms with Crippen molar-refractivity contribution >= 4 is 17.4 Å². The molecule has 0 spiro atoms. The van der Waals surface area contributed by atoms with Crippen molar-refractivity contribution in [2.24, 2.45) is 0 Å². The molecule has 0 unspecified atom stereocenters. The normalized spacial score (nSPS) is 19.3. The van der Waals surface area contributed by atoms with Gasteiger partial charge >= 0.3 is 0 Å². The molecule has 0 amide bonds. The highest BCUT2D eigenvalue weighted by Crippen LogP contribution is 2.44. The lowest BCUT2D eigenvalue weighted by atomic mass is 10.1. The van der Waals surface area contributed by atoms with Crippen LogP contribution in [0.1, 0.15) is 13.8 Å². The standard InChI is InChI=1S/C11H14FNS/c1-11(2)7-13(3)10-8(12)5-4-6-9(10)14-11/h4-6H,7H2,1-3H3. The molecule has 76 valence electrons. The van der Waals surface area contributed by atoms with Gasteiger partial charge in [-0.3, -0.25) is 0 Å². The zero-order chi connectivity index (χ0) is 10.3. The van der Waals surface area contributed by atoms with Crippen molar-refractivity contribution in [2.45, 2.75) is 23.5 Å². The molecular weight excluding hydrogens is 197 g/mol. The summed E-state index contributed by atoms with van der Waals surface area (Å²) in [5.74, 6) is -0.118. The molecule has 0 saturated heterocycles. The second-order valence-electron chi connectivity index (χ2n) is 4.30. The molecular formula is C11H14FNS. The summed E-state index contributed by atoms with van der Waals surface area (Å²) >= 11 is 1.75. The van der Waals surface area contributed by atoms with Gasteiger partial charge in [0.05, 0.1) is 5.69 Å². The first-order chi connectivity index (χ1) is 6.49. The van der Waals surface area contributed by atoms with E-state index in [1.165, 1.54) is 6.07 Å². The maximum atomic E-state index is 13.5. The molecule has 0 aliphatic carbocycles. The van der Waals surface area contributed by atoms with Crippen LogP contribution < -0.4 is 4.90 Å². The summed E-state index contributed by atoms with van der Waals surface area (Å²) in [4.78, 5) is 3.05. The molecule has 1 nitrogen and oxygen atoms in total. The Morgan fingerprint density at radius 2 is 2.14 bits per heavy atom. The predicted octanol–water partition coefficient (Wildman–Crippen LogP) is 3.15. The number of anilines is 1. The van der Waals surface area contributed by atoms with Gasteiger partial charge in [-0.25, -0.2) is 4.39 Å². The van der Waals surface area contributed by atoms with Gasteiger partial charge in [0.1, 0.15) is 5.82 Å². The molecule has 0 radical (unpaired) electrons. The minimum atomic E-state index is -0.118. The quantitative estimate of drug-likeness (QED) is 0.648. The van der Waals surface area contributed by atoms with E-state index in [1.54, 1.807) is 17.8 Å². The van der Waals surface area contributed by atoms with Gasteiger partial charge in [-0.15, -0.1) is 11.8 Å². The van der Waals surface area contributed by atoms with Gasteiger partial charge in [0.25, 0.3) is 0 Å². The predicted molar refractivity (Wildman–Crippen MR) is 59.6 cm³/mol. The van der Waals surface area contributed by atoms with Gasteiger partial charge in [0.2, 0.25) is 0 Å². The fourth-order valence-electron chi connectivity index (χ4n) is 1.93. The molecule has 1 aliphatic heterocycles. The zero-order valence-electron chi connectivity index (χ0n) is 8.67. The van der Waals surface area contributed by atoms with Crippen LogP contribution in [0.15, 0.2) is 23.1 Å². The molecule has 14 heavy (non-hydrogen) atoms. The van der Waals surface area contributed by atoms with Crippen molar-refractivity contribution in [3.05, 3.63) is 24.0 Å². The summed E-state index contributed by atoms with van der Waals surface area (Å²) in [7, 11) is 1.95. The van der Waals surface area contributed by atoms with Gasteiger partial charge in [-0.1, -0.05) is 6.07 Å². The monoisotopic (exact) mass is 211 g/mol. The van der Waals surface area contributed by atoms with Crippen molar-refractivity contribution in [3.63, 3.8) is 0 Å². The summed E-state index contributed by atoms with van der Waals surface area (Å²) in [6, 6.07) is 5.28. The molecule has 0 N–H and O–H groups in total. The Hall–Kier alpha value is -0.700. The number of rotatable bonds is 0. The van der Waals surface area contributed by atoms with Crippen molar-refractivity contribution < 1.29 is 4.39 Å². The van der Waals surface area contributed by atoms with Crippen LogP contribution in [0.3, 0.4) is 0 Å². The highest BCUT2D eigenvalue weighted by atomic mass is 32.2. The molecule has 2 rings (SSSR count). The fourth-order valence-corrected chi connectivity index (χ4v) is 3.28. The number of benzene rings is 1. The van der Waals surface area contributed by atoms with Crippen LogP contribution >= 0.6 is 11.8 Å². The number of fused-ring (bicyclic) bond motifs is 1. The second-order valence-corrected chi connectivity index (χ2v) is 6.05. The summed E-state index contributed by atoms with van der Waals surface area (Å²) in [5, 5.41) is 0. The highest BCUT2D eigenvalue weighted by molar-refractivity contribution is 8.00. The van der Waals surface area contributed by atoms with E-state index >= 15 is 0 Å². The first-order valence-electron chi connectivity index (χ1n) is 4.68. The Balaban J connectivity index is 2.50. The largest absolute Gasteiger partial charge is 0.370 e. The minimum Gasteiger partial charge on any atom is -0.370 e. The number of para-hydroxylation sites is 1. The molecule has 1 aliphatic rings. The maximum Gasteiger partial charge on any atom is 0.147 e. The van der Waals surface area contributed by atoms with Crippen molar-refractivity contribution in [1.29, 1.82) is 0 Å². The molecule has 0 saturated carbocycles. The lowest BCUT2D eigenvalue weighted by Crippen LogP contribution is -2.38. The zero-order valence-corrected chi connectivity index (χ0v) is 9.49. The van der Waals surface area contributed by atoms with E-state index in [-0.39, 0.29) is 10.6 Å². The SMILES string of the molecule is CN1CC(C)(C)Sc2cccc(F)c21. The van der Waals surface area contributed by atoms with Crippen LogP contribution in [0, 0.1) is 5.82 Å². The first-order valence-corrected chi connectivity index (χ1v) is 5.50. The van der Waals surface area contributed by atoms with E-state index in [2.05, 4.69) is 13.8 Å². The van der Waals surface area contributed by atoms with E-state index in [4.69, 9.17) is 0 Å². The number of hydrogen-bond acceptors (Lipinski definition) is 2. The van der Waals surface area contributed by atoms with Gasteiger partial charge in [-0.2, -0.15) is 0 Å². The van der Waals surface area contributed by atoms with Crippen LogP contribution in [-0.4, -0.2) is 18.3 Å². The summed E-state index contributed by atoms with van der Waals surface area (Å²) in [6.07, 6.45) is 0. The summed E-state index contributed by atoms with van der Waals surface area (Å²) in [6.45, 7) is 5.25. The average molecular weight is 211 g/mol. The molecule has 1 heterocycles. The van der Waals surface area contributed by atoms with Crippen LogP contribution in [0.4, 0.5) is 10.1 Å². The smallest absolute Gasteiger partial charge is 0.147 e. The van der Waals surface area contributed by atoms with Crippen molar-refractivity contribution in [2.75, 3.05) is 18.5 Å². The molecule has 3 heteroatoms. The second kappa shape index (κ2) is 3.16. The minimum absolute atomic E-state index is 0.118. The van der Waals surface area contributed by atoms with Gasteiger partial charge in [0.15, 0.2) is 0 Å². The Morgan fingerprint density at radius 1 is 1.43 bits per heavy atom. The average Bonchev–Trinajstić information content (AvgIpc) is 2.00. The van der Waals surface area contributed by atoms with Crippen LogP contribution in [0.25, 0.3) is 0 Å². The Kier molecular flexibility index (Phi) is 2.22. The lowest BCUT2D eigenvalue weighted by Gasteiger charge is -2.37. The molecule has 1 aromatic carbocycles. The number of nitrogens with zero attached hydrogens (tertiary/aromatic N) is 1. The highest BCUT2D eigenvalue weighted by Gasteiger charge is 2.30. The van der Waals surface area contributed by atoms with E-state index in [0.29, 0.717) is 0 Å². The molecule has 0 fully saturated rings. The van der Waals surface area contributed by atoms with Gasteiger partial charge in [0, 0.05) is 23.2 Å². The van der Waals surface area contributed by atoms with Crippen molar-refractivity contribution in [1.82, 2.24) is 0 Å². The third kappa shape index (κ3) is 1.61. The molecule has 0 atom stereocenters. The van der Waals surface area contributed by atoms with Crippen LogP contribution in [0.2, 0.25) is 0 Å². The molecule has 0 aromatic heterocycles. The number of hydrogen-bond donors (Lipinski definition) is 0. The lowest BCUT2D eigenvalue weighted by molar-refractivity contribution is 0.601. The summed E-state index contributed by atoms with van der Waals surface area (Å²) in [5.41, 5.74) is 0.747. The van der Waals surface area contributed by atoms with E-state index < -0.39 is 0 Å². The van der Waals surface area contributed by atoms with E-state index in [0.717, 1.165) is 17.1 Å². The third-order valence-electron chi connectivity index (χ3n) is 2.34. The maximum absolute atomic E-state index is 13.5. The summed E-state index contributed by atoms with van der Waals surface area (Å²) < 4.78 is 13.7. The van der Waals surface area contributed by atoms with E-state index in [1.807, 2.05) is 18.0 Å². The van der Waals surface area contributed by atoms with E-state index in [9.17, 15) is 4.39 Å². The van der Waals surface area contributed by atoms with Gasteiger partial charge < -0.3 is 4.90 Å². The van der Waals surface area contributed by atoms with Crippen LogP contribution in [0.5, 0.6) is 0 Å². The first kappa shape index (κ1) is 9.84. The Morgan fingerprint density at radius 3 is 2.86 bits per heavy atom. The topological polar surface area (TPSA) is 3.24 Å². The Labute approximate surface area is 88.3 Å². The third-order valence-corrected chi connectivity index (χ3v) is 3.57. The molecule has 0 bridgehead atoms. The van der Waals surface area contributed by atoms with Gasteiger partial charge in [-0.05, 0) is 26.0 Å². The number of halogens is 1. The molecule has 1 aromatic rings.